The molecule has 98 valence electrons. The topological polar surface area (TPSA) is 41.1 Å². The second kappa shape index (κ2) is 6.01. The molecule has 2 unspecified atom stereocenters. The number of hydrogen-bond donors (Lipinski definition) is 2. The number of aryl methyl sites for hydroxylation is 1. The molecule has 0 spiro atoms. The summed E-state index contributed by atoms with van der Waals surface area (Å²) in [5.41, 5.74) is 2.40. The highest BCUT2D eigenvalue weighted by Gasteiger charge is 2.26. The summed E-state index contributed by atoms with van der Waals surface area (Å²) in [6.45, 7) is 5.82. The molecular weight excluding hydrogens is 224 g/mol. The fraction of sp³-hybridized carbons (Fsp3) is 0.533. The van der Waals surface area contributed by atoms with Crippen LogP contribution in [0.25, 0.3) is 0 Å². The number of hydrogen-bond acceptors (Lipinski definition) is 2. The zero-order valence-electron chi connectivity index (χ0n) is 11.2. The minimum absolute atomic E-state index is 0.114. The number of nitrogens with one attached hydrogen (secondary N) is 2. The second-order valence-corrected chi connectivity index (χ2v) is 5.20. The summed E-state index contributed by atoms with van der Waals surface area (Å²) in [7, 11) is 0. The van der Waals surface area contributed by atoms with Gasteiger partial charge in [-0.3, -0.25) is 4.79 Å². The Morgan fingerprint density at radius 3 is 3.06 bits per heavy atom. The fourth-order valence-corrected chi connectivity index (χ4v) is 2.54. The van der Waals surface area contributed by atoms with Crippen LogP contribution in [0.3, 0.4) is 0 Å². The van der Waals surface area contributed by atoms with E-state index in [1.54, 1.807) is 0 Å². The average Bonchev–Trinajstić information content (AvgIpc) is 2.37. The van der Waals surface area contributed by atoms with Gasteiger partial charge in [-0.1, -0.05) is 29.8 Å². The molecule has 0 aliphatic carbocycles. The van der Waals surface area contributed by atoms with E-state index in [0.717, 1.165) is 19.4 Å². The van der Waals surface area contributed by atoms with E-state index >= 15 is 0 Å². The summed E-state index contributed by atoms with van der Waals surface area (Å²) in [6, 6.07) is 8.55. The van der Waals surface area contributed by atoms with E-state index < -0.39 is 0 Å². The smallest absolute Gasteiger partial charge is 0.224 e. The maximum Gasteiger partial charge on any atom is 0.224 e. The summed E-state index contributed by atoms with van der Waals surface area (Å²) < 4.78 is 0. The van der Waals surface area contributed by atoms with E-state index in [9.17, 15) is 4.79 Å². The van der Waals surface area contributed by atoms with Gasteiger partial charge in [0.1, 0.15) is 0 Å². The molecule has 1 aliphatic heterocycles. The molecule has 3 heteroatoms. The van der Waals surface area contributed by atoms with Crippen LogP contribution in [-0.4, -0.2) is 18.5 Å². The fourth-order valence-electron chi connectivity index (χ4n) is 2.54. The number of amides is 1. The summed E-state index contributed by atoms with van der Waals surface area (Å²) in [5, 5.41) is 6.41. The molecular formula is C15H22N2O. The van der Waals surface area contributed by atoms with Crippen LogP contribution in [0.2, 0.25) is 0 Å². The molecule has 0 bridgehead atoms. The van der Waals surface area contributed by atoms with Crippen molar-refractivity contribution in [1.29, 1.82) is 0 Å². The van der Waals surface area contributed by atoms with E-state index in [2.05, 4.69) is 42.7 Å². The molecule has 1 fully saturated rings. The van der Waals surface area contributed by atoms with Gasteiger partial charge in [0.15, 0.2) is 0 Å². The van der Waals surface area contributed by atoms with E-state index in [1.165, 1.54) is 11.1 Å². The zero-order valence-corrected chi connectivity index (χ0v) is 11.2. The second-order valence-electron chi connectivity index (χ2n) is 5.20. The molecule has 0 radical (unpaired) electrons. The Bertz CT molecular complexity index is 417. The van der Waals surface area contributed by atoms with Gasteiger partial charge >= 0.3 is 0 Å². The Balaban J connectivity index is 1.88. The average molecular weight is 246 g/mol. The third kappa shape index (κ3) is 3.33. The highest BCUT2D eigenvalue weighted by Crippen LogP contribution is 2.16. The van der Waals surface area contributed by atoms with Crippen LogP contribution in [-0.2, 0) is 11.3 Å². The number of rotatable bonds is 3. The molecule has 1 aliphatic rings. The van der Waals surface area contributed by atoms with E-state index in [4.69, 9.17) is 0 Å². The van der Waals surface area contributed by atoms with Gasteiger partial charge in [-0.05, 0) is 38.8 Å². The van der Waals surface area contributed by atoms with Gasteiger partial charge in [-0.15, -0.1) is 0 Å². The van der Waals surface area contributed by atoms with Crippen LogP contribution in [0.15, 0.2) is 24.3 Å². The van der Waals surface area contributed by atoms with Crippen LogP contribution in [0.4, 0.5) is 0 Å². The minimum Gasteiger partial charge on any atom is -0.352 e. The van der Waals surface area contributed by atoms with Gasteiger partial charge in [0.05, 0.1) is 5.92 Å². The van der Waals surface area contributed by atoms with Crippen LogP contribution in [0.1, 0.15) is 30.9 Å². The van der Waals surface area contributed by atoms with Crippen molar-refractivity contribution in [3.8, 4) is 0 Å². The van der Waals surface area contributed by atoms with Crippen molar-refractivity contribution in [1.82, 2.24) is 10.6 Å². The molecule has 2 atom stereocenters. The standard InChI is InChI=1S/C15H22N2O/c1-11-5-3-6-13(9-11)10-17-15(18)14-7-4-8-16-12(14)2/h3,5-6,9,12,14,16H,4,7-8,10H2,1-2H3,(H,17,18). The Hall–Kier alpha value is -1.35. The monoisotopic (exact) mass is 246 g/mol. The maximum atomic E-state index is 12.1. The maximum absolute atomic E-state index is 12.1. The van der Waals surface area contributed by atoms with Gasteiger partial charge in [-0.25, -0.2) is 0 Å². The molecule has 1 heterocycles. The predicted octanol–water partition coefficient (Wildman–Crippen LogP) is 2.00. The van der Waals surface area contributed by atoms with Gasteiger partial charge in [-0.2, -0.15) is 0 Å². The summed E-state index contributed by atoms with van der Waals surface area (Å²) >= 11 is 0. The van der Waals surface area contributed by atoms with Crippen molar-refractivity contribution in [2.45, 2.75) is 39.3 Å². The first-order valence-corrected chi connectivity index (χ1v) is 6.73. The molecule has 1 saturated heterocycles. The highest BCUT2D eigenvalue weighted by molar-refractivity contribution is 5.79. The SMILES string of the molecule is Cc1cccc(CNC(=O)C2CCCNC2C)c1. The lowest BCUT2D eigenvalue weighted by Crippen LogP contribution is -2.46. The predicted molar refractivity (Wildman–Crippen MR) is 73.2 cm³/mol. The Morgan fingerprint density at radius 1 is 1.50 bits per heavy atom. The Labute approximate surface area is 109 Å². The zero-order chi connectivity index (χ0) is 13.0. The molecule has 1 amide bonds. The molecule has 18 heavy (non-hydrogen) atoms. The van der Waals surface area contributed by atoms with Crippen molar-refractivity contribution in [3.05, 3.63) is 35.4 Å². The lowest BCUT2D eigenvalue weighted by molar-refractivity contribution is -0.126. The lowest BCUT2D eigenvalue weighted by atomic mass is 9.91. The molecule has 1 aromatic carbocycles. The molecule has 0 saturated carbocycles. The molecule has 3 nitrogen and oxygen atoms in total. The molecule has 0 aromatic heterocycles. The summed E-state index contributed by atoms with van der Waals surface area (Å²) in [5.74, 6) is 0.291. The lowest BCUT2D eigenvalue weighted by Gasteiger charge is -2.28. The third-order valence-corrected chi connectivity index (χ3v) is 3.65. The van der Waals surface area contributed by atoms with Gasteiger partial charge in [0.2, 0.25) is 5.91 Å². The molecule has 1 aromatic rings. The Morgan fingerprint density at radius 2 is 2.33 bits per heavy atom. The van der Waals surface area contributed by atoms with Crippen LogP contribution in [0.5, 0.6) is 0 Å². The number of carbonyl (C=O) groups is 1. The number of carbonyl (C=O) groups excluding carboxylic acids is 1. The van der Waals surface area contributed by atoms with Crippen molar-refractivity contribution < 1.29 is 4.79 Å². The van der Waals surface area contributed by atoms with E-state index in [0.29, 0.717) is 6.54 Å². The summed E-state index contributed by atoms with van der Waals surface area (Å²) in [6.07, 6.45) is 2.08. The minimum atomic E-state index is 0.114. The molecule has 2 rings (SSSR count). The number of benzene rings is 1. The van der Waals surface area contributed by atoms with Crippen LogP contribution < -0.4 is 10.6 Å². The third-order valence-electron chi connectivity index (χ3n) is 3.65. The number of piperidine rings is 1. The largest absolute Gasteiger partial charge is 0.352 e. The quantitative estimate of drug-likeness (QED) is 0.856. The van der Waals surface area contributed by atoms with Gasteiger partial charge in [0.25, 0.3) is 0 Å². The first-order valence-electron chi connectivity index (χ1n) is 6.73. The highest BCUT2D eigenvalue weighted by atomic mass is 16.1. The van der Waals surface area contributed by atoms with E-state index in [1.807, 2.05) is 6.07 Å². The molecule has 2 N–H and O–H groups in total. The van der Waals surface area contributed by atoms with Crippen molar-refractivity contribution in [2.75, 3.05) is 6.54 Å². The van der Waals surface area contributed by atoms with Crippen molar-refractivity contribution >= 4 is 5.91 Å². The normalized spacial score (nSPS) is 23.7. The first kappa shape index (κ1) is 13.1. The van der Waals surface area contributed by atoms with E-state index in [-0.39, 0.29) is 17.9 Å². The summed E-state index contributed by atoms with van der Waals surface area (Å²) in [4.78, 5) is 12.1. The Kier molecular flexibility index (Phi) is 4.37. The van der Waals surface area contributed by atoms with Gasteiger partial charge in [0, 0.05) is 12.6 Å². The van der Waals surface area contributed by atoms with Crippen molar-refractivity contribution in [3.63, 3.8) is 0 Å². The van der Waals surface area contributed by atoms with Gasteiger partial charge < -0.3 is 10.6 Å². The first-order chi connectivity index (χ1) is 8.66. The van der Waals surface area contributed by atoms with Crippen molar-refractivity contribution in [2.24, 2.45) is 5.92 Å². The van der Waals surface area contributed by atoms with Crippen LogP contribution in [0, 0.1) is 12.8 Å². The van der Waals surface area contributed by atoms with Crippen LogP contribution >= 0.6 is 0 Å².